The molecule has 1 fully saturated rings. The van der Waals surface area contributed by atoms with Gasteiger partial charge in [0.25, 0.3) is 0 Å². The van der Waals surface area contributed by atoms with Crippen molar-refractivity contribution in [2.24, 2.45) is 0 Å². The van der Waals surface area contributed by atoms with Crippen molar-refractivity contribution in [2.45, 2.75) is 30.9 Å². The van der Waals surface area contributed by atoms with Gasteiger partial charge in [-0.15, -0.1) is 0 Å². The van der Waals surface area contributed by atoms with Crippen molar-refractivity contribution in [2.75, 3.05) is 10.5 Å². The maximum Gasteiger partial charge on any atom is 0.235 e. The molecule has 0 unspecified atom stereocenters. The molecule has 4 nitrogen and oxygen atoms in total. The average molecular weight is 258 g/mol. The molecule has 1 aromatic rings. The largest absolute Gasteiger partial charge is 0.399 e. The van der Waals surface area contributed by atoms with Crippen molar-refractivity contribution >= 4 is 21.4 Å². The fraction of sp³-hybridized carbons (Fsp3) is 0.455. The molecule has 0 atom stereocenters. The second-order valence-electron chi connectivity index (χ2n) is 4.33. The molecule has 0 bridgehead atoms. The molecule has 0 spiro atoms. The Morgan fingerprint density at radius 1 is 1.24 bits per heavy atom. The predicted octanol–water partition coefficient (Wildman–Crippen LogP) is 2.09. The van der Waals surface area contributed by atoms with Gasteiger partial charge >= 0.3 is 0 Å². The molecule has 2 rings (SSSR count). The quantitative estimate of drug-likeness (QED) is 0.815. The maximum atomic E-state index is 13.1. The fourth-order valence-corrected chi connectivity index (χ4v) is 3.68. The van der Waals surface area contributed by atoms with Gasteiger partial charge in [-0.3, -0.25) is 4.72 Å². The van der Waals surface area contributed by atoms with E-state index in [1.807, 2.05) is 0 Å². The monoisotopic (exact) mass is 258 g/mol. The molecule has 0 radical (unpaired) electrons. The number of rotatable bonds is 3. The number of hydrogen-bond donors (Lipinski definition) is 2. The first-order valence-electron chi connectivity index (χ1n) is 5.55. The first kappa shape index (κ1) is 12.2. The van der Waals surface area contributed by atoms with Gasteiger partial charge < -0.3 is 5.73 Å². The Kier molecular flexibility index (Phi) is 3.24. The molecule has 1 aliphatic carbocycles. The van der Waals surface area contributed by atoms with E-state index in [2.05, 4.69) is 4.72 Å². The van der Waals surface area contributed by atoms with E-state index >= 15 is 0 Å². The number of sulfonamides is 1. The van der Waals surface area contributed by atoms with Gasteiger partial charge in [0.2, 0.25) is 10.0 Å². The minimum atomic E-state index is -3.42. The molecular formula is C11H15FN2O2S. The lowest BCUT2D eigenvalue weighted by molar-refractivity contribution is 0.585. The minimum absolute atomic E-state index is 0.189. The van der Waals surface area contributed by atoms with Crippen LogP contribution >= 0.6 is 0 Å². The second-order valence-corrected chi connectivity index (χ2v) is 6.29. The zero-order chi connectivity index (χ0) is 12.5. The summed E-state index contributed by atoms with van der Waals surface area (Å²) in [6, 6.07) is 3.69. The summed E-state index contributed by atoms with van der Waals surface area (Å²) in [5, 5.41) is -0.369. The van der Waals surface area contributed by atoms with E-state index in [4.69, 9.17) is 5.73 Å². The van der Waals surface area contributed by atoms with E-state index in [-0.39, 0.29) is 16.6 Å². The predicted molar refractivity (Wildman–Crippen MR) is 65.6 cm³/mol. The molecule has 1 aromatic carbocycles. The molecular weight excluding hydrogens is 243 g/mol. The van der Waals surface area contributed by atoms with E-state index in [0.717, 1.165) is 25.0 Å². The highest BCUT2D eigenvalue weighted by Gasteiger charge is 2.28. The third-order valence-electron chi connectivity index (χ3n) is 2.92. The van der Waals surface area contributed by atoms with E-state index in [1.54, 1.807) is 0 Å². The Morgan fingerprint density at radius 3 is 2.47 bits per heavy atom. The van der Waals surface area contributed by atoms with E-state index < -0.39 is 15.8 Å². The number of nitrogens with two attached hydrogens (primary N) is 1. The van der Waals surface area contributed by atoms with E-state index in [0.29, 0.717) is 12.8 Å². The summed E-state index contributed by atoms with van der Waals surface area (Å²) in [6.07, 6.45) is 3.19. The topological polar surface area (TPSA) is 72.2 Å². The molecule has 1 aliphatic rings. The highest BCUT2D eigenvalue weighted by Crippen LogP contribution is 2.26. The minimum Gasteiger partial charge on any atom is -0.399 e. The Morgan fingerprint density at radius 2 is 1.88 bits per heavy atom. The van der Waals surface area contributed by atoms with Crippen LogP contribution in [-0.4, -0.2) is 13.7 Å². The molecule has 0 saturated heterocycles. The zero-order valence-corrected chi connectivity index (χ0v) is 10.1. The third-order valence-corrected chi connectivity index (χ3v) is 4.79. The van der Waals surface area contributed by atoms with Crippen LogP contribution in [0.3, 0.4) is 0 Å². The molecule has 94 valence electrons. The van der Waals surface area contributed by atoms with E-state index in [1.165, 1.54) is 6.07 Å². The van der Waals surface area contributed by atoms with Gasteiger partial charge in [0.1, 0.15) is 5.82 Å². The number of nitrogens with one attached hydrogen (secondary N) is 1. The number of halogens is 1. The number of anilines is 2. The van der Waals surface area contributed by atoms with Crippen molar-refractivity contribution in [3.63, 3.8) is 0 Å². The molecule has 6 heteroatoms. The molecule has 17 heavy (non-hydrogen) atoms. The summed E-state index contributed by atoms with van der Waals surface area (Å²) in [4.78, 5) is 0. The van der Waals surface area contributed by atoms with Crippen molar-refractivity contribution in [1.82, 2.24) is 0 Å². The number of benzene rings is 1. The van der Waals surface area contributed by atoms with Gasteiger partial charge in [-0.1, -0.05) is 12.8 Å². The van der Waals surface area contributed by atoms with Gasteiger partial charge in [-0.2, -0.15) is 0 Å². The smallest absolute Gasteiger partial charge is 0.235 e. The van der Waals surface area contributed by atoms with Crippen LogP contribution < -0.4 is 10.5 Å². The van der Waals surface area contributed by atoms with Crippen LogP contribution in [0.1, 0.15) is 25.7 Å². The lowest BCUT2D eigenvalue weighted by Crippen LogP contribution is -2.25. The van der Waals surface area contributed by atoms with Gasteiger partial charge in [0, 0.05) is 5.69 Å². The molecule has 3 N–H and O–H groups in total. The Bertz CT molecular complexity index is 490. The van der Waals surface area contributed by atoms with Crippen molar-refractivity contribution < 1.29 is 12.8 Å². The van der Waals surface area contributed by atoms with Crippen LogP contribution in [0.25, 0.3) is 0 Å². The highest BCUT2D eigenvalue weighted by atomic mass is 32.2. The molecule has 0 heterocycles. The lowest BCUT2D eigenvalue weighted by atomic mass is 10.3. The van der Waals surface area contributed by atoms with Gasteiger partial charge in [0.05, 0.1) is 10.9 Å². The summed E-state index contributed by atoms with van der Waals surface area (Å²) in [5.74, 6) is -0.547. The van der Waals surface area contributed by atoms with Gasteiger partial charge in [-0.25, -0.2) is 12.8 Å². The van der Waals surface area contributed by atoms with E-state index in [9.17, 15) is 12.8 Å². The van der Waals surface area contributed by atoms with Crippen molar-refractivity contribution in [3.8, 4) is 0 Å². The van der Waals surface area contributed by atoms with Crippen molar-refractivity contribution in [1.29, 1.82) is 0 Å². The molecule has 0 amide bonds. The normalized spacial score (nSPS) is 17.2. The second kappa shape index (κ2) is 4.52. The van der Waals surface area contributed by atoms with Crippen LogP contribution in [0.15, 0.2) is 18.2 Å². The van der Waals surface area contributed by atoms with Gasteiger partial charge in [-0.05, 0) is 31.0 Å². The number of nitrogen functional groups attached to an aromatic ring is 1. The summed E-state index contributed by atoms with van der Waals surface area (Å²) >= 11 is 0. The summed E-state index contributed by atoms with van der Waals surface area (Å²) in [5.41, 5.74) is 5.85. The zero-order valence-electron chi connectivity index (χ0n) is 9.32. The highest BCUT2D eigenvalue weighted by molar-refractivity contribution is 7.93. The van der Waals surface area contributed by atoms with Crippen LogP contribution in [0.5, 0.6) is 0 Å². The third kappa shape index (κ3) is 2.88. The number of hydrogen-bond acceptors (Lipinski definition) is 3. The standard InChI is InChI=1S/C11H15FN2O2S/c12-8-5-9(13)7-10(6-8)14-17(15,16)11-3-1-2-4-11/h5-7,11,14H,1-4,13H2. The summed E-state index contributed by atoms with van der Waals surface area (Å²) in [6.45, 7) is 0. The summed E-state index contributed by atoms with van der Waals surface area (Å²) in [7, 11) is -3.42. The van der Waals surface area contributed by atoms with Crippen LogP contribution in [0.4, 0.5) is 15.8 Å². The first-order valence-corrected chi connectivity index (χ1v) is 7.10. The summed E-state index contributed by atoms with van der Waals surface area (Å²) < 4.78 is 39.4. The Labute approximate surface area is 100 Å². The van der Waals surface area contributed by atoms with Crippen molar-refractivity contribution in [3.05, 3.63) is 24.0 Å². The lowest BCUT2D eigenvalue weighted by Gasteiger charge is -2.13. The Hall–Kier alpha value is -1.30. The molecule has 0 aromatic heterocycles. The van der Waals surface area contributed by atoms with Gasteiger partial charge in [0.15, 0.2) is 0 Å². The van der Waals surface area contributed by atoms with Crippen LogP contribution in [0, 0.1) is 5.82 Å². The SMILES string of the molecule is Nc1cc(F)cc(NS(=O)(=O)C2CCCC2)c1. The average Bonchev–Trinajstić information content (AvgIpc) is 2.67. The maximum absolute atomic E-state index is 13.1. The molecule has 0 aliphatic heterocycles. The molecule has 1 saturated carbocycles. The van der Waals surface area contributed by atoms with Crippen LogP contribution in [-0.2, 0) is 10.0 Å². The first-order chi connectivity index (χ1) is 7.97. The van der Waals surface area contributed by atoms with Crippen LogP contribution in [0.2, 0.25) is 0 Å². The Balaban J connectivity index is 2.19. The fourth-order valence-electron chi connectivity index (χ4n) is 2.12.